The molecule has 1 heterocycles. The molecule has 1 fully saturated rings. The fraction of sp³-hybridized carbons (Fsp3) is 0.455. The van der Waals surface area contributed by atoms with Crippen molar-refractivity contribution in [1.29, 1.82) is 0 Å². The van der Waals surface area contributed by atoms with Gasteiger partial charge in [0.25, 0.3) is 0 Å². The van der Waals surface area contributed by atoms with E-state index in [2.05, 4.69) is 5.32 Å². The zero-order valence-electron chi connectivity index (χ0n) is 9.26. The molecule has 0 radical (unpaired) electrons. The highest BCUT2D eigenvalue weighted by atomic mass is 32.2. The molecular formula is C11H16N2O2S. The first-order valence-corrected chi connectivity index (χ1v) is 6.86. The van der Waals surface area contributed by atoms with Crippen LogP contribution in [-0.2, 0) is 9.84 Å². The highest BCUT2D eigenvalue weighted by Gasteiger charge is 2.30. The van der Waals surface area contributed by atoms with Crippen molar-refractivity contribution in [3.8, 4) is 0 Å². The van der Waals surface area contributed by atoms with E-state index in [4.69, 9.17) is 0 Å². The summed E-state index contributed by atoms with van der Waals surface area (Å²) in [5.41, 5.74) is 0. The van der Waals surface area contributed by atoms with E-state index in [9.17, 15) is 8.42 Å². The van der Waals surface area contributed by atoms with Gasteiger partial charge in [0.1, 0.15) is 5.37 Å². The van der Waals surface area contributed by atoms with Gasteiger partial charge in [-0.1, -0.05) is 18.2 Å². The van der Waals surface area contributed by atoms with Crippen molar-refractivity contribution >= 4 is 9.84 Å². The SMILES string of the molecule is CN1CCNC(S(=O)(=O)c2ccccc2)C1. The molecule has 0 aromatic heterocycles. The minimum Gasteiger partial charge on any atom is -0.302 e. The standard InChI is InChI=1S/C11H16N2O2S/c1-13-8-7-12-11(9-13)16(14,15)10-5-3-2-4-6-10/h2-6,11-12H,7-9H2,1H3. The number of rotatable bonds is 2. The number of likely N-dealkylation sites (N-methyl/N-ethyl adjacent to an activating group) is 1. The van der Waals surface area contributed by atoms with Crippen LogP contribution in [0.1, 0.15) is 0 Å². The summed E-state index contributed by atoms with van der Waals surface area (Å²) in [5, 5.41) is 2.57. The van der Waals surface area contributed by atoms with E-state index >= 15 is 0 Å². The van der Waals surface area contributed by atoms with Crippen molar-refractivity contribution in [3.05, 3.63) is 30.3 Å². The van der Waals surface area contributed by atoms with Crippen LogP contribution < -0.4 is 5.32 Å². The Labute approximate surface area is 96.2 Å². The lowest BCUT2D eigenvalue weighted by Crippen LogP contribution is -2.52. The topological polar surface area (TPSA) is 49.4 Å². The molecule has 0 bridgehead atoms. The van der Waals surface area contributed by atoms with E-state index in [1.165, 1.54) is 0 Å². The molecule has 1 N–H and O–H groups in total. The highest BCUT2D eigenvalue weighted by Crippen LogP contribution is 2.16. The van der Waals surface area contributed by atoms with Gasteiger partial charge >= 0.3 is 0 Å². The molecule has 0 amide bonds. The fourth-order valence-corrected chi connectivity index (χ4v) is 3.49. The van der Waals surface area contributed by atoms with Gasteiger partial charge in [-0.25, -0.2) is 8.42 Å². The molecule has 4 nitrogen and oxygen atoms in total. The second kappa shape index (κ2) is 4.53. The van der Waals surface area contributed by atoms with Gasteiger partial charge in [-0.3, -0.25) is 5.32 Å². The predicted octanol–water partition coefficient (Wildman–Crippen LogP) is 0.321. The van der Waals surface area contributed by atoms with Gasteiger partial charge in [-0.2, -0.15) is 0 Å². The molecule has 1 aromatic carbocycles. The second-order valence-corrected chi connectivity index (χ2v) is 6.19. The Balaban J connectivity index is 2.26. The normalized spacial score (nSPS) is 23.2. The lowest BCUT2D eigenvalue weighted by Gasteiger charge is -2.30. The van der Waals surface area contributed by atoms with Crippen LogP contribution >= 0.6 is 0 Å². The lowest BCUT2D eigenvalue weighted by molar-refractivity contribution is 0.272. The van der Waals surface area contributed by atoms with Crippen LogP contribution in [-0.4, -0.2) is 45.4 Å². The molecule has 1 aromatic rings. The summed E-state index contributed by atoms with van der Waals surface area (Å²) in [6.07, 6.45) is 0. The van der Waals surface area contributed by atoms with E-state index in [0.717, 1.165) is 6.54 Å². The second-order valence-electron chi connectivity index (χ2n) is 4.06. The number of benzene rings is 1. The van der Waals surface area contributed by atoms with E-state index < -0.39 is 15.2 Å². The summed E-state index contributed by atoms with van der Waals surface area (Å²) < 4.78 is 24.5. The third-order valence-corrected chi connectivity index (χ3v) is 4.78. The lowest BCUT2D eigenvalue weighted by atomic mass is 10.4. The van der Waals surface area contributed by atoms with Crippen molar-refractivity contribution < 1.29 is 8.42 Å². The Kier molecular flexibility index (Phi) is 3.28. The molecule has 5 heteroatoms. The molecule has 1 aliphatic heterocycles. The molecule has 2 rings (SSSR count). The van der Waals surface area contributed by atoms with Crippen LogP contribution in [0.4, 0.5) is 0 Å². The van der Waals surface area contributed by atoms with E-state index in [0.29, 0.717) is 18.0 Å². The molecule has 1 atom stereocenters. The first kappa shape index (κ1) is 11.6. The van der Waals surface area contributed by atoms with Crippen molar-refractivity contribution in [3.63, 3.8) is 0 Å². The molecule has 0 spiro atoms. The van der Waals surface area contributed by atoms with Gasteiger partial charge in [0, 0.05) is 19.6 Å². The number of hydrogen-bond acceptors (Lipinski definition) is 4. The average Bonchev–Trinajstić information content (AvgIpc) is 2.30. The summed E-state index contributed by atoms with van der Waals surface area (Å²) in [6.45, 7) is 2.14. The summed E-state index contributed by atoms with van der Waals surface area (Å²) in [5.74, 6) is 0. The number of hydrogen-bond donors (Lipinski definition) is 1. The van der Waals surface area contributed by atoms with Gasteiger partial charge in [0.15, 0.2) is 9.84 Å². The van der Waals surface area contributed by atoms with Crippen LogP contribution in [0.2, 0.25) is 0 Å². The monoisotopic (exact) mass is 240 g/mol. The summed E-state index contributed by atoms with van der Waals surface area (Å²) in [6, 6.07) is 8.61. The van der Waals surface area contributed by atoms with Crippen LogP contribution in [0.5, 0.6) is 0 Å². The zero-order chi connectivity index (χ0) is 11.6. The summed E-state index contributed by atoms with van der Waals surface area (Å²) in [7, 11) is -1.31. The van der Waals surface area contributed by atoms with Crippen molar-refractivity contribution in [2.45, 2.75) is 10.3 Å². The Morgan fingerprint density at radius 2 is 2.00 bits per heavy atom. The Morgan fingerprint density at radius 3 is 2.62 bits per heavy atom. The molecule has 1 unspecified atom stereocenters. The predicted molar refractivity (Wildman–Crippen MR) is 62.9 cm³/mol. The maximum atomic E-state index is 12.2. The van der Waals surface area contributed by atoms with Gasteiger partial charge in [0.2, 0.25) is 0 Å². The Hall–Kier alpha value is -0.910. The van der Waals surface area contributed by atoms with Gasteiger partial charge in [0.05, 0.1) is 4.90 Å². The fourth-order valence-electron chi connectivity index (χ4n) is 1.84. The van der Waals surface area contributed by atoms with Crippen LogP contribution in [0.3, 0.4) is 0 Å². The molecule has 16 heavy (non-hydrogen) atoms. The maximum absolute atomic E-state index is 12.2. The number of sulfone groups is 1. The molecule has 1 saturated heterocycles. The third kappa shape index (κ3) is 2.26. The van der Waals surface area contributed by atoms with Gasteiger partial charge < -0.3 is 4.90 Å². The molecule has 0 aliphatic carbocycles. The molecule has 88 valence electrons. The van der Waals surface area contributed by atoms with Crippen LogP contribution in [0, 0.1) is 0 Å². The average molecular weight is 240 g/mol. The van der Waals surface area contributed by atoms with E-state index in [1.807, 2.05) is 18.0 Å². The number of nitrogens with one attached hydrogen (secondary N) is 1. The van der Waals surface area contributed by atoms with E-state index in [-0.39, 0.29) is 0 Å². The number of nitrogens with zero attached hydrogens (tertiary/aromatic N) is 1. The Morgan fingerprint density at radius 1 is 1.31 bits per heavy atom. The molecule has 1 aliphatic rings. The van der Waals surface area contributed by atoms with Gasteiger partial charge in [-0.05, 0) is 19.2 Å². The summed E-state index contributed by atoms with van der Waals surface area (Å²) >= 11 is 0. The number of piperazine rings is 1. The highest BCUT2D eigenvalue weighted by molar-refractivity contribution is 7.92. The van der Waals surface area contributed by atoms with E-state index in [1.54, 1.807) is 24.3 Å². The largest absolute Gasteiger partial charge is 0.302 e. The van der Waals surface area contributed by atoms with Crippen molar-refractivity contribution in [2.24, 2.45) is 0 Å². The van der Waals surface area contributed by atoms with Crippen molar-refractivity contribution in [1.82, 2.24) is 10.2 Å². The summed E-state index contributed by atoms with van der Waals surface area (Å²) in [4.78, 5) is 2.42. The molecular weight excluding hydrogens is 224 g/mol. The zero-order valence-corrected chi connectivity index (χ0v) is 10.1. The van der Waals surface area contributed by atoms with Crippen molar-refractivity contribution in [2.75, 3.05) is 26.7 Å². The Bertz CT molecular complexity index is 444. The first-order chi connectivity index (χ1) is 7.60. The van der Waals surface area contributed by atoms with Crippen LogP contribution in [0.25, 0.3) is 0 Å². The maximum Gasteiger partial charge on any atom is 0.195 e. The molecule has 0 saturated carbocycles. The quantitative estimate of drug-likeness (QED) is 0.809. The minimum absolute atomic E-state index is 0.391. The van der Waals surface area contributed by atoms with Crippen LogP contribution in [0.15, 0.2) is 35.2 Å². The minimum atomic E-state index is -3.25. The van der Waals surface area contributed by atoms with Gasteiger partial charge in [-0.15, -0.1) is 0 Å². The third-order valence-electron chi connectivity index (χ3n) is 2.79. The smallest absolute Gasteiger partial charge is 0.195 e. The first-order valence-electron chi connectivity index (χ1n) is 5.31.